The summed E-state index contributed by atoms with van der Waals surface area (Å²) in [5.74, 6) is -0.130. The van der Waals surface area contributed by atoms with E-state index in [-0.39, 0.29) is 18.0 Å². The van der Waals surface area contributed by atoms with Crippen LogP contribution >= 0.6 is 11.3 Å². The molecule has 4 aromatic rings. The average Bonchev–Trinajstić information content (AvgIpc) is 3.17. The fraction of sp³-hybridized carbons (Fsp3) is 0.208. The van der Waals surface area contributed by atoms with Crippen LogP contribution in [0.5, 0.6) is 0 Å². The topological polar surface area (TPSA) is 55.2 Å². The number of fused-ring (bicyclic) bond motifs is 1. The standard InChI is InChI=1S/C24H23N3O2S/c1-16-9-10-19(17(2)11-16)12-26(3)21(28)13-27-15-25-23-22(24(27)29)20(14-30-23)18-7-5-4-6-8-18/h4-11,14-15H,12-13H2,1-3H3. The van der Waals surface area contributed by atoms with Crippen molar-refractivity contribution in [1.82, 2.24) is 14.5 Å². The van der Waals surface area contributed by atoms with Crippen LogP contribution in [0, 0.1) is 13.8 Å². The highest BCUT2D eigenvalue weighted by atomic mass is 32.1. The largest absolute Gasteiger partial charge is 0.340 e. The molecule has 0 fully saturated rings. The van der Waals surface area contributed by atoms with E-state index in [2.05, 4.69) is 18.0 Å². The lowest BCUT2D eigenvalue weighted by molar-refractivity contribution is -0.131. The van der Waals surface area contributed by atoms with Gasteiger partial charge in [-0.25, -0.2) is 4.98 Å². The van der Waals surface area contributed by atoms with E-state index in [1.807, 2.05) is 54.8 Å². The Bertz CT molecular complexity index is 1270. The van der Waals surface area contributed by atoms with Crippen molar-refractivity contribution < 1.29 is 4.79 Å². The van der Waals surface area contributed by atoms with E-state index in [0.29, 0.717) is 16.8 Å². The predicted molar refractivity (Wildman–Crippen MR) is 122 cm³/mol. The Morgan fingerprint density at radius 2 is 1.90 bits per heavy atom. The van der Waals surface area contributed by atoms with Crippen LogP contribution in [-0.4, -0.2) is 27.4 Å². The molecule has 5 nitrogen and oxygen atoms in total. The van der Waals surface area contributed by atoms with Crippen molar-refractivity contribution in [1.29, 1.82) is 0 Å². The number of carbonyl (C=O) groups excluding carboxylic acids is 1. The number of rotatable bonds is 5. The molecule has 2 aromatic heterocycles. The first-order chi connectivity index (χ1) is 14.4. The fourth-order valence-corrected chi connectivity index (χ4v) is 4.45. The van der Waals surface area contributed by atoms with Gasteiger partial charge in [0.15, 0.2) is 0 Å². The van der Waals surface area contributed by atoms with E-state index >= 15 is 0 Å². The minimum Gasteiger partial charge on any atom is -0.340 e. The summed E-state index contributed by atoms with van der Waals surface area (Å²) in [6, 6.07) is 16.0. The Hall–Kier alpha value is -3.25. The van der Waals surface area contributed by atoms with Crippen LogP contribution < -0.4 is 5.56 Å². The molecule has 0 bridgehead atoms. The van der Waals surface area contributed by atoms with Gasteiger partial charge in [0.2, 0.25) is 5.91 Å². The molecular formula is C24H23N3O2S. The van der Waals surface area contributed by atoms with E-state index in [1.165, 1.54) is 27.8 Å². The number of aryl methyl sites for hydroxylation is 2. The molecule has 6 heteroatoms. The SMILES string of the molecule is Cc1ccc(CN(C)C(=O)Cn2cnc3scc(-c4ccccc4)c3c2=O)c(C)c1. The van der Waals surface area contributed by atoms with Crippen LogP contribution in [-0.2, 0) is 17.9 Å². The van der Waals surface area contributed by atoms with Crippen LogP contribution in [0.25, 0.3) is 21.3 Å². The zero-order chi connectivity index (χ0) is 21.3. The molecule has 2 aromatic carbocycles. The highest BCUT2D eigenvalue weighted by molar-refractivity contribution is 7.17. The van der Waals surface area contributed by atoms with Crippen LogP contribution in [0.1, 0.15) is 16.7 Å². The fourth-order valence-electron chi connectivity index (χ4n) is 3.54. The molecule has 30 heavy (non-hydrogen) atoms. The molecule has 0 saturated heterocycles. The van der Waals surface area contributed by atoms with Gasteiger partial charge in [-0.1, -0.05) is 54.1 Å². The molecule has 0 saturated carbocycles. The summed E-state index contributed by atoms with van der Waals surface area (Å²) in [6.07, 6.45) is 1.47. The second kappa shape index (κ2) is 8.24. The predicted octanol–water partition coefficient (Wildman–Crippen LogP) is 4.40. The molecule has 0 spiro atoms. The highest BCUT2D eigenvalue weighted by Crippen LogP contribution is 2.30. The molecule has 152 valence electrons. The summed E-state index contributed by atoms with van der Waals surface area (Å²) < 4.78 is 1.41. The van der Waals surface area contributed by atoms with Gasteiger partial charge in [-0.3, -0.25) is 14.2 Å². The smallest absolute Gasteiger partial charge is 0.263 e. The van der Waals surface area contributed by atoms with Crippen molar-refractivity contribution >= 4 is 27.5 Å². The van der Waals surface area contributed by atoms with Gasteiger partial charge in [-0.15, -0.1) is 11.3 Å². The van der Waals surface area contributed by atoms with E-state index in [4.69, 9.17) is 0 Å². The van der Waals surface area contributed by atoms with Gasteiger partial charge in [0, 0.05) is 24.5 Å². The Kier molecular flexibility index (Phi) is 5.50. The zero-order valence-electron chi connectivity index (χ0n) is 17.3. The normalized spacial score (nSPS) is 11.0. The van der Waals surface area contributed by atoms with Crippen molar-refractivity contribution in [2.75, 3.05) is 7.05 Å². The van der Waals surface area contributed by atoms with E-state index < -0.39 is 0 Å². The number of carbonyl (C=O) groups is 1. The molecule has 1 amide bonds. The van der Waals surface area contributed by atoms with Crippen LogP contribution in [0.2, 0.25) is 0 Å². The lowest BCUT2D eigenvalue weighted by Gasteiger charge is -2.19. The minimum atomic E-state index is -0.187. The first-order valence-corrected chi connectivity index (χ1v) is 10.6. The zero-order valence-corrected chi connectivity index (χ0v) is 18.1. The molecule has 0 aliphatic heterocycles. The molecule has 2 heterocycles. The van der Waals surface area contributed by atoms with E-state index in [9.17, 15) is 9.59 Å². The van der Waals surface area contributed by atoms with Crippen molar-refractivity contribution in [3.8, 4) is 11.1 Å². The maximum absolute atomic E-state index is 13.2. The van der Waals surface area contributed by atoms with Gasteiger partial charge >= 0.3 is 0 Å². The second-order valence-corrected chi connectivity index (χ2v) is 8.41. The molecule has 4 rings (SSSR count). The van der Waals surface area contributed by atoms with Crippen molar-refractivity contribution in [3.63, 3.8) is 0 Å². The van der Waals surface area contributed by atoms with Gasteiger partial charge in [-0.2, -0.15) is 0 Å². The van der Waals surface area contributed by atoms with Crippen molar-refractivity contribution in [2.24, 2.45) is 0 Å². The number of likely N-dealkylation sites (N-methyl/N-ethyl adjacent to an activating group) is 1. The Labute approximate surface area is 179 Å². The number of amides is 1. The summed E-state index contributed by atoms with van der Waals surface area (Å²) in [6.45, 7) is 4.57. The van der Waals surface area contributed by atoms with Gasteiger partial charge in [0.1, 0.15) is 11.4 Å². The number of aromatic nitrogens is 2. The lowest BCUT2D eigenvalue weighted by atomic mass is 10.1. The number of thiophene rings is 1. The van der Waals surface area contributed by atoms with E-state index in [0.717, 1.165) is 22.3 Å². The highest BCUT2D eigenvalue weighted by Gasteiger charge is 2.16. The Balaban J connectivity index is 1.60. The van der Waals surface area contributed by atoms with Crippen molar-refractivity contribution in [2.45, 2.75) is 26.9 Å². The first-order valence-electron chi connectivity index (χ1n) is 9.76. The Morgan fingerprint density at radius 3 is 2.63 bits per heavy atom. The molecule has 0 atom stereocenters. The molecule has 0 N–H and O–H groups in total. The van der Waals surface area contributed by atoms with Crippen LogP contribution in [0.4, 0.5) is 0 Å². The summed E-state index contributed by atoms with van der Waals surface area (Å²) in [5.41, 5.74) is 5.09. The third kappa shape index (κ3) is 3.91. The third-order valence-corrected chi connectivity index (χ3v) is 6.17. The van der Waals surface area contributed by atoms with E-state index in [1.54, 1.807) is 11.9 Å². The number of hydrogen-bond donors (Lipinski definition) is 0. The molecule has 0 aliphatic rings. The quantitative estimate of drug-likeness (QED) is 0.484. The van der Waals surface area contributed by atoms with Crippen LogP contribution in [0.3, 0.4) is 0 Å². The Morgan fingerprint density at radius 1 is 1.13 bits per heavy atom. The minimum absolute atomic E-state index is 0.0345. The number of benzene rings is 2. The average molecular weight is 418 g/mol. The van der Waals surface area contributed by atoms with Crippen LogP contribution in [0.15, 0.2) is 65.0 Å². The number of hydrogen-bond acceptors (Lipinski definition) is 4. The molecule has 0 unspecified atom stereocenters. The van der Waals surface area contributed by atoms with Gasteiger partial charge in [0.25, 0.3) is 5.56 Å². The van der Waals surface area contributed by atoms with Gasteiger partial charge in [0.05, 0.1) is 11.7 Å². The summed E-state index contributed by atoms with van der Waals surface area (Å²) >= 11 is 1.44. The third-order valence-electron chi connectivity index (χ3n) is 5.28. The number of nitrogens with zero attached hydrogens (tertiary/aromatic N) is 3. The lowest BCUT2D eigenvalue weighted by Crippen LogP contribution is -2.33. The van der Waals surface area contributed by atoms with Gasteiger partial charge < -0.3 is 4.90 Å². The van der Waals surface area contributed by atoms with Gasteiger partial charge in [-0.05, 0) is 30.5 Å². The molecule has 0 aliphatic carbocycles. The second-order valence-electron chi connectivity index (χ2n) is 7.55. The summed E-state index contributed by atoms with van der Waals surface area (Å²) in [7, 11) is 1.76. The first kappa shape index (κ1) is 20.0. The van der Waals surface area contributed by atoms with Crippen molar-refractivity contribution in [3.05, 3.63) is 87.3 Å². The summed E-state index contributed by atoms with van der Waals surface area (Å²) in [4.78, 5) is 32.7. The summed E-state index contributed by atoms with van der Waals surface area (Å²) in [5, 5.41) is 2.52. The maximum atomic E-state index is 13.2. The molecule has 0 radical (unpaired) electrons. The molecular weight excluding hydrogens is 394 g/mol. The maximum Gasteiger partial charge on any atom is 0.263 e. The monoisotopic (exact) mass is 417 g/mol.